The molecule has 3 rings (SSSR count). The number of aromatic nitrogens is 2. The second kappa shape index (κ2) is 7.31. The van der Waals surface area contributed by atoms with Crippen molar-refractivity contribution in [2.24, 2.45) is 0 Å². The van der Waals surface area contributed by atoms with Gasteiger partial charge in [0, 0.05) is 17.8 Å². The van der Waals surface area contributed by atoms with E-state index >= 15 is 0 Å². The average molecular weight is 313 g/mol. The quantitative estimate of drug-likeness (QED) is 0.907. The van der Waals surface area contributed by atoms with Crippen LogP contribution in [-0.2, 0) is 0 Å². The van der Waals surface area contributed by atoms with E-state index < -0.39 is 0 Å². The third-order valence-electron chi connectivity index (χ3n) is 4.28. The molecule has 0 bridgehead atoms. The predicted octanol–water partition coefficient (Wildman–Crippen LogP) is 3.91. The molecular formula is C18H23N3O2. The molecule has 1 aromatic carbocycles. The fourth-order valence-electron chi connectivity index (χ4n) is 3.02. The van der Waals surface area contributed by atoms with Gasteiger partial charge in [-0.15, -0.1) is 0 Å². The highest BCUT2D eigenvalue weighted by molar-refractivity contribution is 5.69. The van der Waals surface area contributed by atoms with Crippen molar-refractivity contribution < 1.29 is 9.47 Å². The molecule has 5 heteroatoms. The van der Waals surface area contributed by atoms with Gasteiger partial charge in [-0.3, -0.25) is 0 Å². The molecule has 0 amide bonds. The molecule has 1 aromatic heterocycles. The van der Waals surface area contributed by atoms with Gasteiger partial charge in [-0.1, -0.05) is 19.3 Å². The lowest BCUT2D eigenvalue weighted by Crippen LogP contribution is -2.23. The highest BCUT2D eigenvalue weighted by atomic mass is 16.5. The summed E-state index contributed by atoms with van der Waals surface area (Å²) in [5.74, 6) is 2.23. The van der Waals surface area contributed by atoms with Gasteiger partial charge in [-0.25, -0.2) is 9.97 Å². The van der Waals surface area contributed by atoms with Crippen LogP contribution in [0.4, 0.5) is 5.95 Å². The molecule has 0 atom stereocenters. The summed E-state index contributed by atoms with van der Waals surface area (Å²) in [5, 5.41) is 3.46. The van der Waals surface area contributed by atoms with Gasteiger partial charge in [0.15, 0.2) is 0 Å². The van der Waals surface area contributed by atoms with Gasteiger partial charge in [0.2, 0.25) is 5.95 Å². The first kappa shape index (κ1) is 15.6. The summed E-state index contributed by atoms with van der Waals surface area (Å²) in [4.78, 5) is 9.03. The lowest BCUT2D eigenvalue weighted by atomic mass is 9.96. The van der Waals surface area contributed by atoms with Crippen LogP contribution in [0.15, 0.2) is 30.5 Å². The first-order valence-electron chi connectivity index (χ1n) is 8.12. The van der Waals surface area contributed by atoms with E-state index in [9.17, 15) is 0 Å². The summed E-state index contributed by atoms with van der Waals surface area (Å²) in [6.07, 6.45) is 8.06. The molecule has 0 saturated heterocycles. The monoisotopic (exact) mass is 313 g/mol. The smallest absolute Gasteiger partial charge is 0.223 e. The highest BCUT2D eigenvalue weighted by Gasteiger charge is 2.15. The number of rotatable bonds is 5. The summed E-state index contributed by atoms with van der Waals surface area (Å²) in [6.45, 7) is 0. The van der Waals surface area contributed by atoms with Crippen molar-refractivity contribution in [2.75, 3.05) is 19.5 Å². The van der Waals surface area contributed by atoms with Crippen molar-refractivity contribution in [3.8, 4) is 22.8 Å². The number of benzene rings is 1. The molecule has 1 N–H and O–H groups in total. The molecule has 23 heavy (non-hydrogen) atoms. The Bertz CT molecular complexity index is 654. The Balaban J connectivity index is 1.86. The molecule has 1 heterocycles. The molecule has 1 fully saturated rings. The van der Waals surface area contributed by atoms with Crippen LogP contribution < -0.4 is 14.8 Å². The Morgan fingerprint density at radius 1 is 1.04 bits per heavy atom. The Morgan fingerprint density at radius 3 is 2.61 bits per heavy atom. The summed E-state index contributed by atoms with van der Waals surface area (Å²) < 4.78 is 10.8. The predicted molar refractivity (Wildman–Crippen MR) is 91.1 cm³/mol. The SMILES string of the molecule is COc1ccc(OC)c(-c2ccnc(NC3CCCCC3)n2)c1. The van der Waals surface area contributed by atoms with Crippen molar-refractivity contribution in [1.82, 2.24) is 9.97 Å². The summed E-state index contributed by atoms with van der Waals surface area (Å²) in [6, 6.07) is 8.08. The van der Waals surface area contributed by atoms with Gasteiger partial charge in [0.1, 0.15) is 11.5 Å². The molecule has 1 aliphatic rings. The molecule has 1 aliphatic carbocycles. The number of methoxy groups -OCH3 is 2. The molecule has 0 spiro atoms. The van der Waals surface area contributed by atoms with E-state index in [4.69, 9.17) is 9.47 Å². The van der Waals surface area contributed by atoms with Gasteiger partial charge >= 0.3 is 0 Å². The van der Waals surface area contributed by atoms with Gasteiger partial charge in [-0.2, -0.15) is 0 Å². The van der Waals surface area contributed by atoms with Crippen molar-refractivity contribution in [2.45, 2.75) is 38.1 Å². The molecule has 0 unspecified atom stereocenters. The first-order valence-corrected chi connectivity index (χ1v) is 8.12. The van der Waals surface area contributed by atoms with Gasteiger partial charge < -0.3 is 14.8 Å². The Labute approximate surface area is 137 Å². The molecule has 122 valence electrons. The van der Waals surface area contributed by atoms with E-state index in [-0.39, 0.29) is 0 Å². The standard InChI is InChI=1S/C18H23N3O2/c1-22-14-8-9-17(23-2)15(12-14)16-10-11-19-18(21-16)20-13-6-4-3-5-7-13/h8-13H,3-7H2,1-2H3,(H,19,20,21). The largest absolute Gasteiger partial charge is 0.497 e. The van der Waals surface area contributed by atoms with E-state index in [1.807, 2.05) is 24.3 Å². The van der Waals surface area contributed by atoms with Crippen LogP contribution in [0, 0.1) is 0 Å². The van der Waals surface area contributed by atoms with Crippen molar-refractivity contribution in [3.63, 3.8) is 0 Å². The number of nitrogens with zero attached hydrogens (tertiary/aromatic N) is 2. The van der Waals surface area contributed by atoms with Crippen LogP contribution in [0.3, 0.4) is 0 Å². The second-order valence-corrected chi connectivity index (χ2v) is 5.81. The number of hydrogen-bond acceptors (Lipinski definition) is 5. The van der Waals surface area contributed by atoms with Crippen LogP contribution in [0.25, 0.3) is 11.3 Å². The van der Waals surface area contributed by atoms with Gasteiger partial charge in [-0.05, 0) is 37.1 Å². The fourth-order valence-corrected chi connectivity index (χ4v) is 3.02. The molecule has 0 radical (unpaired) electrons. The van der Waals surface area contributed by atoms with Crippen molar-refractivity contribution >= 4 is 5.95 Å². The summed E-state index contributed by atoms with van der Waals surface area (Å²) in [5.41, 5.74) is 1.73. The van der Waals surface area contributed by atoms with Crippen LogP contribution in [0.1, 0.15) is 32.1 Å². The van der Waals surface area contributed by atoms with Crippen LogP contribution in [-0.4, -0.2) is 30.2 Å². The van der Waals surface area contributed by atoms with Crippen LogP contribution in [0.2, 0.25) is 0 Å². The zero-order chi connectivity index (χ0) is 16.1. The maximum Gasteiger partial charge on any atom is 0.223 e. The van der Waals surface area contributed by atoms with Crippen LogP contribution >= 0.6 is 0 Å². The number of nitrogens with one attached hydrogen (secondary N) is 1. The van der Waals surface area contributed by atoms with E-state index in [2.05, 4.69) is 15.3 Å². The summed E-state index contributed by atoms with van der Waals surface area (Å²) in [7, 11) is 3.31. The maximum atomic E-state index is 5.45. The first-order chi connectivity index (χ1) is 11.3. The zero-order valence-electron chi connectivity index (χ0n) is 13.7. The van der Waals surface area contributed by atoms with Crippen molar-refractivity contribution in [1.29, 1.82) is 0 Å². The molecule has 1 saturated carbocycles. The number of hydrogen-bond donors (Lipinski definition) is 1. The topological polar surface area (TPSA) is 56.3 Å². The Kier molecular flexibility index (Phi) is 4.95. The van der Waals surface area contributed by atoms with Gasteiger partial charge in [0.25, 0.3) is 0 Å². The maximum absolute atomic E-state index is 5.45. The Hall–Kier alpha value is -2.30. The lowest BCUT2D eigenvalue weighted by Gasteiger charge is -2.22. The third kappa shape index (κ3) is 3.73. The van der Waals surface area contributed by atoms with E-state index in [0.29, 0.717) is 12.0 Å². The van der Waals surface area contributed by atoms with E-state index in [1.165, 1.54) is 32.1 Å². The molecule has 5 nitrogen and oxygen atoms in total. The highest BCUT2D eigenvalue weighted by Crippen LogP contribution is 2.32. The average Bonchev–Trinajstić information content (AvgIpc) is 2.62. The number of ether oxygens (including phenoxy) is 2. The zero-order valence-corrected chi connectivity index (χ0v) is 13.7. The van der Waals surface area contributed by atoms with Crippen LogP contribution in [0.5, 0.6) is 11.5 Å². The number of anilines is 1. The molecular weight excluding hydrogens is 290 g/mol. The molecule has 0 aliphatic heterocycles. The minimum absolute atomic E-state index is 0.478. The summed E-state index contributed by atoms with van der Waals surface area (Å²) >= 11 is 0. The van der Waals surface area contributed by atoms with E-state index in [0.717, 1.165) is 22.8 Å². The normalized spacial score (nSPS) is 15.2. The minimum atomic E-state index is 0.478. The van der Waals surface area contributed by atoms with Gasteiger partial charge in [0.05, 0.1) is 19.9 Å². The molecule has 2 aromatic rings. The Morgan fingerprint density at radius 2 is 1.87 bits per heavy atom. The fraction of sp³-hybridized carbons (Fsp3) is 0.444. The van der Waals surface area contributed by atoms with Crippen molar-refractivity contribution in [3.05, 3.63) is 30.5 Å². The van der Waals surface area contributed by atoms with E-state index in [1.54, 1.807) is 20.4 Å². The minimum Gasteiger partial charge on any atom is -0.497 e. The third-order valence-corrected chi connectivity index (χ3v) is 4.28. The lowest BCUT2D eigenvalue weighted by molar-refractivity contribution is 0.404. The second-order valence-electron chi connectivity index (χ2n) is 5.81.